The van der Waals surface area contributed by atoms with E-state index in [4.69, 9.17) is 16.7 Å². The summed E-state index contributed by atoms with van der Waals surface area (Å²) in [5.41, 5.74) is 0.437. The summed E-state index contributed by atoms with van der Waals surface area (Å²) in [5, 5.41) is 12.3. The average molecular weight is 255 g/mol. The lowest BCUT2D eigenvalue weighted by molar-refractivity contribution is 0.0696. The molecule has 1 aliphatic carbocycles. The van der Waals surface area contributed by atoms with Crippen LogP contribution in [-0.2, 0) is 0 Å². The number of aromatic nitrogens is 1. The lowest BCUT2D eigenvalue weighted by Gasteiger charge is -2.38. The molecule has 2 N–H and O–H groups in total. The van der Waals surface area contributed by atoms with E-state index in [0.29, 0.717) is 16.3 Å². The number of hydrogen-bond acceptors (Lipinski definition) is 3. The number of carbonyl (C=O) groups is 1. The standard InChI is InChI=1S/C12H15ClN2O2/c1-12(3-2-4-12)7-15-10-9(13)5-8(6-14-10)11(16)17/h5-6H,2-4,7H2,1H3,(H,14,15)(H,16,17). The van der Waals surface area contributed by atoms with Gasteiger partial charge in [0, 0.05) is 12.7 Å². The summed E-state index contributed by atoms with van der Waals surface area (Å²) in [6.45, 7) is 3.05. The molecule has 0 aromatic carbocycles. The quantitative estimate of drug-likeness (QED) is 0.867. The number of rotatable bonds is 4. The van der Waals surface area contributed by atoms with Gasteiger partial charge in [0.05, 0.1) is 10.6 Å². The van der Waals surface area contributed by atoms with Crippen LogP contribution in [0.5, 0.6) is 0 Å². The van der Waals surface area contributed by atoms with E-state index < -0.39 is 5.97 Å². The molecular weight excluding hydrogens is 240 g/mol. The van der Waals surface area contributed by atoms with Crippen LogP contribution in [-0.4, -0.2) is 22.6 Å². The van der Waals surface area contributed by atoms with Gasteiger partial charge < -0.3 is 10.4 Å². The molecule has 1 fully saturated rings. The lowest BCUT2D eigenvalue weighted by Crippen LogP contribution is -2.33. The Kier molecular flexibility index (Phi) is 3.24. The highest BCUT2D eigenvalue weighted by atomic mass is 35.5. The molecular formula is C12H15ClN2O2. The van der Waals surface area contributed by atoms with Gasteiger partial charge in [0.25, 0.3) is 0 Å². The number of hydrogen-bond donors (Lipinski definition) is 2. The summed E-state index contributed by atoms with van der Waals surface area (Å²) in [6.07, 6.45) is 5.02. The zero-order valence-electron chi connectivity index (χ0n) is 9.66. The van der Waals surface area contributed by atoms with E-state index in [1.807, 2.05) is 0 Å². The van der Waals surface area contributed by atoms with Crippen LogP contribution in [0.25, 0.3) is 0 Å². The summed E-state index contributed by atoms with van der Waals surface area (Å²) in [6, 6.07) is 1.42. The van der Waals surface area contributed by atoms with E-state index in [1.165, 1.54) is 31.5 Å². The molecule has 1 aliphatic rings. The fourth-order valence-electron chi connectivity index (χ4n) is 1.94. The minimum atomic E-state index is -1.02. The van der Waals surface area contributed by atoms with Crippen LogP contribution in [0, 0.1) is 5.41 Å². The predicted octanol–water partition coefficient (Wildman–Crippen LogP) is 3.04. The number of anilines is 1. The Labute approximate surface area is 105 Å². The molecule has 1 aromatic heterocycles. The van der Waals surface area contributed by atoms with Crippen molar-refractivity contribution in [1.29, 1.82) is 0 Å². The predicted molar refractivity (Wildman–Crippen MR) is 66.7 cm³/mol. The van der Waals surface area contributed by atoms with Gasteiger partial charge in [0.1, 0.15) is 5.82 Å². The van der Waals surface area contributed by atoms with Gasteiger partial charge in [0.15, 0.2) is 0 Å². The molecule has 0 saturated heterocycles. The first-order chi connectivity index (χ1) is 8.00. The molecule has 0 unspecified atom stereocenters. The molecule has 1 heterocycles. The van der Waals surface area contributed by atoms with Crippen molar-refractivity contribution >= 4 is 23.4 Å². The summed E-state index contributed by atoms with van der Waals surface area (Å²) >= 11 is 5.98. The number of carboxylic acids is 1. The Balaban J connectivity index is 2.03. The number of halogens is 1. The third-order valence-corrected chi connectivity index (χ3v) is 3.62. The fraction of sp³-hybridized carbons (Fsp3) is 0.500. The first-order valence-electron chi connectivity index (χ1n) is 5.63. The number of pyridine rings is 1. The molecule has 92 valence electrons. The summed E-state index contributed by atoms with van der Waals surface area (Å²) < 4.78 is 0. The third-order valence-electron chi connectivity index (χ3n) is 3.33. The van der Waals surface area contributed by atoms with Gasteiger partial charge in [-0.25, -0.2) is 9.78 Å². The minimum absolute atomic E-state index is 0.107. The van der Waals surface area contributed by atoms with Gasteiger partial charge in [-0.2, -0.15) is 0 Å². The number of nitrogens with one attached hydrogen (secondary N) is 1. The van der Waals surface area contributed by atoms with Crippen molar-refractivity contribution in [2.75, 3.05) is 11.9 Å². The smallest absolute Gasteiger partial charge is 0.337 e. The molecule has 0 radical (unpaired) electrons. The molecule has 0 bridgehead atoms. The van der Waals surface area contributed by atoms with Crippen molar-refractivity contribution in [1.82, 2.24) is 4.98 Å². The molecule has 0 atom stereocenters. The zero-order chi connectivity index (χ0) is 12.5. The van der Waals surface area contributed by atoms with Crippen LogP contribution in [0.15, 0.2) is 12.3 Å². The van der Waals surface area contributed by atoms with E-state index in [1.54, 1.807) is 0 Å². The summed E-state index contributed by atoms with van der Waals surface area (Å²) in [7, 11) is 0. The van der Waals surface area contributed by atoms with E-state index in [9.17, 15) is 4.79 Å². The minimum Gasteiger partial charge on any atom is -0.478 e. The van der Waals surface area contributed by atoms with E-state index in [2.05, 4.69) is 17.2 Å². The Morgan fingerprint density at radius 1 is 1.65 bits per heavy atom. The second-order valence-corrected chi connectivity index (χ2v) is 5.28. The van der Waals surface area contributed by atoms with Crippen molar-refractivity contribution in [2.24, 2.45) is 5.41 Å². The molecule has 4 nitrogen and oxygen atoms in total. The molecule has 1 saturated carbocycles. The second kappa shape index (κ2) is 4.53. The highest BCUT2D eigenvalue weighted by Crippen LogP contribution is 2.40. The average Bonchev–Trinajstić information content (AvgIpc) is 2.24. The Bertz CT molecular complexity index is 444. The molecule has 0 aliphatic heterocycles. The van der Waals surface area contributed by atoms with E-state index in [0.717, 1.165) is 6.54 Å². The highest BCUT2D eigenvalue weighted by Gasteiger charge is 2.31. The Morgan fingerprint density at radius 3 is 2.82 bits per heavy atom. The monoisotopic (exact) mass is 254 g/mol. The maximum absolute atomic E-state index is 10.7. The molecule has 5 heteroatoms. The fourth-order valence-corrected chi connectivity index (χ4v) is 2.17. The zero-order valence-corrected chi connectivity index (χ0v) is 10.4. The molecule has 1 aromatic rings. The number of carboxylic acid groups (broad SMARTS) is 1. The van der Waals surface area contributed by atoms with E-state index in [-0.39, 0.29) is 5.56 Å². The Morgan fingerprint density at radius 2 is 2.35 bits per heavy atom. The normalized spacial score (nSPS) is 17.3. The van der Waals surface area contributed by atoms with Crippen molar-refractivity contribution in [3.8, 4) is 0 Å². The topological polar surface area (TPSA) is 62.2 Å². The van der Waals surface area contributed by atoms with Gasteiger partial charge in [-0.15, -0.1) is 0 Å². The van der Waals surface area contributed by atoms with Crippen LogP contribution in [0.1, 0.15) is 36.5 Å². The lowest BCUT2D eigenvalue weighted by atomic mass is 9.70. The molecule has 0 spiro atoms. The van der Waals surface area contributed by atoms with Crippen LogP contribution in [0.4, 0.5) is 5.82 Å². The van der Waals surface area contributed by atoms with Gasteiger partial charge >= 0.3 is 5.97 Å². The molecule has 0 amide bonds. The second-order valence-electron chi connectivity index (χ2n) is 4.88. The van der Waals surface area contributed by atoms with E-state index >= 15 is 0 Å². The molecule has 2 rings (SSSR count). The highest BCUT2D eigenvalue weighted by molar-refractivity contribution is 6.33. The van der Waals surface area contributed by atoms with Crippen molar-refractivity contribution < 1.29 is 9.90 Å². The maximum Gasteiger partial charge on any atom is 0.337 e. The SMILES string of the molecule is CC1(CNc2ncc(C(=O)O)cc2Cl)CCC1. The van der Waals surface area contributed by atoms with Gasteiger partial charge in [-0.1, -0.05) is 24.9 Å². The molecule has 17 heavy (non-hydrogen) atoms. The largest absolute Gasteiger partial charge is 0.478 e. The van der Waals surface area contributed by atoms with Crippen molar-refractivity contribution in [3.63, 3.8) is 0 Å². The Hall–Kier alpha value is -1.29. The summed E-state index contributed by atoms with van der Waals surface area (Å²) in [4.78, 5) is 14.8. The first-order valence-corrected chi connectivity index (χ1v) is 6.01. The van der Waals surface area contributed by atoms with Crippen molar-refractivity contribution in [3.05, 3.63) is 22.8 Å². The first kappa shape index (κ1) is 12.2. The van der Waals surface area contributed by atoms with Gasteiger partial charge in [0.2, 0.25) is 0 Å². The van der Waals surface area contributed by atoms with Crippen LogP contribution in [0.2, 0.25) is 5.02 Å². The number of nitrogens with zero attached hydrogens (tertiary/aromatic N) is 1. The van der Waals surface area contributed by atoms with Gasteiger partial charge in [-0.05, 0) is 24.3 Å². The van der Waals surface area contributed by atoms with Crippen LogP contribution < -0.4 is 5.32 Å². The summed E-state index contributed by atoms with van der Waals surface area (Å²) in [5.74, 6) is -0.457. The third kappa shape index (κ3) is 2.69. The van der Waals surface area contributed by atoms with Crippen LogP contribution in [0.3, 0.4) is 0 Å². The van der Waals surface area contributed by atoms with Crippen molar-refractivity contribution in [2.45, 2.75) is 26.2 Å². The number of aromatic carboxylic acids is 1. The maximum atomic E-state index is 10.7. The van der Waals surface area contributed by atoms with Gasteiger partial charge in [-0.3, -0.25) is 0 Å². The van der Waals surface area contributed by atoms with Crippen LogP contribution >= 0.6 is 11.6 Å².